The van der Waals surface area contributed by atoms with Crippen molar-refractivity contribution in [1.29, 1.82) is 0 Å². The molecular weight excluding hydrogens is 236 g/mol. The number of fused-ring (bicyclic) bond motifs is 3. The van der Waals surface area contributed by atoms with Crippen LogP contribution in [0.15, 0.2) is 18.4 Å². The number of rotatable bonds is 2. The van der Waals surface area contributed by atoms with Gasteiger partial charge in [-0.05, 0) is 48.8 Å². The summed E-state index contributed by atoms with van der Waals surface area (Å²) < 4.78 is 11.0. The Morgan fingerprint density at radius 3 is 2.53 bits per heavy atom. The van der Waals surface area contributed by atoms with E-state index >= 15 is 0 Å². The third kappa shape index (κ3) is 1.85. The van der Waals surface area contributed by atoms with Gasteiger partial charge in [0.05, 0.1) is 20.5 Å². The molecule has 0 spiro atoms. The maximum atomic E-state index is 5.60. The van der Waals surface area contributed by atoms with Crippen LogP contribution in [-0.4, -0.2) is 14.2 Å². The number of benzene rings is 1. The van der Waals surface area contributed by atoms with Gasteiger partial charge in [0.25, 0.3) is 0 Å². The molecule has 2 atom stereocenters. The Kier molecular flexibility index (Phi) is 3.26. The quantitative estimate of drug-likeness (QED) is 0.737. The highest BCUT2D eigenvalue weighted by atomic mass is 16.5. The maximum Gasteiger partial charge on any atom is 0.126 e. The summed E-state index contributed by atoms with van der Waals surface area (Å²) in [6, 6.07) is 4.29. The molecule has 2 unspecified atom stereocenters. The lowest BCUT2D eigenvalue weighted by molar-refractivity contribution is 0.329. The Bertz CT molecular complexity index is 516. The van der Waals surface area contributed by atoms with Gasteiger partial charge in [-0.1, -0.05) is 18.9 Å². The topological polar surface area (TPSA) is 18.5 Å². The first-order valence-corrected chi connectivity index (χ1v) is 7.18. The molecule has 1 aromatic rings. The zero-order valence-electron chi connectivity index (χ0n) is 12.0. The summed E-state index contributed by atoms with van der Waals surface area (Å²) in [6.07, 6.45) is 7.19. The predicted octanol–water partition coefficient (Wildman–Crippen LogP) is 4.28. The van der Waals surface area contributed by atoms with Crippen LogP contribution >= 0.6 is 0 Å². The van der Waals surface area contributed by atoms with E-state index < -0.39 is 0 Å². The van der Waals surface area contributed by atoms with Gasteiger partial charge in [-0.15, -0.1) is 0 Å². The lowest BCUT2D eigenvalue weighted by Crippen LogP contribution is -2.13. The normalized spacial score (nSPS) is 27.0. The Hall–Kier alpha value is -1.44. The molecule has 0 saturated heterocycles. The molecule has 19 heavy (non-hydrogen) atoms. The number of hydrogen-bond donors (Lipinski definition) is 0. The molecule has 102 valence electrons. The SMILES string of the molecule is CO/C=C1\c2c(OC)ccc(C)c2C2CCCCC12. The minimum atomic E-state index is 0.624. The average Bonchev–Trinajstić information content (AvgIpc) is 2.76. The summed E-state index contributed by atoms with van der Waals surface area (Å²) in [5.41, 5.74) is 5.56. The third-order valence-corrected chi connectivity index (χ3v) is 4.71. The molecule has 0 amide bonds. The summed E-state index contributed by atoms with van der Waals surface area (Å²) >= 11 is 0. The molecule has 0 N–H and O–H groups in total. The molecule has 2 nitrogen and oxygen atoms in total. The molecule has 0 bridgehead atoms. The largest absolute Gasteiger partial charge is 0.504 e. The second kappa shape index (κ2) is 4.92. The van der Waals surface area contributed by atoms with E-state index in [1.807, 2.05) is 6.26 Å². The summed E-state index contributed by atoms with van der Waals surface area (Å²) in [7, 11) is 3.50. The van der Waals surface area contributed by atoms with Crippen molar-refractivity contribution in [2.24, 2.45) is 5.92 Å². The first-order chi connectivity index (χ1) is 9.27. The fourth-order valence-corrected chi connectivity index (χ4v) is 3.96. The standard InChI is InChI=1S/C17H22O2/c1-11-8-9-15(19-3)17-14(10-18-2)12-6-4-5-7-13(12)16(11)17/h8-10,12-13H,4-7H2,1-3H3/b14-10-. The highest BCUT2D eigenvalue weighted by Gasteiger charge is 2.40. The molecule has 2 heteroatoms. The van der Waals surface area contributed by atoms with Gasteiger partial charge in [-0.25, -0.2) is 0 Å². The molecule has 2 aliphatic carbocycles. The fraction of sp³-hybridized carbons (Fsp3) is 0.529. The van der Waals surface area contributed by atoms with Gasteiger partial charge in [0.2, 0.25) is 0 Å². The van der Waals surface area contributed by atoms with Gasteiger partial charge in [-0.2, -0.15) is 0 Å². The average molecular weight is 258 g/mol. The Labute approximate surface area is 115 Å². The highest BCUT2D eigenvalue weighted by molar-refractivity contribution is 5.81. The maximum absolute atomic E-state index is 5.60. The van der Waals surface area contributed by atoms with E-state index in [4.69, 9.17) is 9.47 Å². The molecule has 2 aliphatic rings. The van der Waals surface area contributed by atoms with Crippen molar-refractivity contribution in [3.63, 3.8) is 0 Å². The van der Waals surface area contributed by atoms with Gasteiger partial charge < -0.3 is 9.47 Å². The minimum Gasteiger partial charge on any atom is -0.504 e. The van der Waals surface area contributed by atoms with Crippen LogP contribution in [0.25, 0.3) is 5.57 Å². The zero-order valence-corrected chi connectivity index (χ0v) is 12.0. The Morgan fingerprint density at radius 1 is 1.11 bits per heavy atom. The Morgan fingerprint density at radius 2 is 1.84 bits per heavy atom. The molecule has 3 rings (SSSR count). The summed E-state index contributed by atoms with van der Waals surface area (Å²) in [5.74, 6) is 2.29. The number of ether oxygens (including phenoxy) is 2. The minimum absolute atomic E-state index is 0.624. The van der Waals surface area contributed by atoms with Crippen LogP contribution in [0.1, 0.15) is 48.3 Å². The molecular formula is C17H22O2. The van der Waals surface area contributed by atoms with Crippen molar-refractivity contribution in [3.8, 4) is 5.75 Å². The molecule has 0 aromatic heterocycles. The van der Waals surface area contributed by atoms with Crippen LogP contribution in [0.3, 0.4) is 0 Å². The van der Waals surface area contributed by atoms with E-state index in [1.165, 1.54) is 47.9 Å². The van der Waals surface area contributed by atoms with Gasteiger partial charge in [0.15, 0.2) is 0 Å². The number of methoxy groups -OCH3 is 2. The molecule has 0 heterocycles. The van der Waals surface area contributed by atoms with E-state index in [1.54, 1.807) is 14.2 Å². The van der Waals surface area contributed by atoms with Gasteiger partial charge in [-0.3, -0.25) is 0 Å². The lowest BCUT2D eigenvalue weighted by Gasteiger charge is -2.26. The van der Waals surface area contributed by atoms with Crippen LogP contribution in [-0.2, 0) is 4.74 Å². The van der Waals surface area contributed by atoms with E-state index in [-0.39, 0.29) is 0 Å². The zero-order chi connectivity index (χ0) is 13.4. The van der Waals surface area contributed by atoms with Crippen LogP contribution in [0.5, 0.6) is 5.75 Å². The summed E-state index contributed by atoms with van der Waals surface area (Å²) in [5, 5.41) is 0. The van der Waals surface area contributed by atoms with Crippen LogP contribution in [0.4, 0.5) is 0 Å². The first kappa shape index (κ1) is 12.6. The molecule has 1 saturated carbocycles. The van der Waals surface area contributed by atoms with E-state index in [9.17, 15) is 0 Å². The molecule has 1 fully saturated rings. The van der Waals surface area contributed by atoms with Crippen LogP contribution in [0.2, 0.25) is 0 Å². The summed E-state index contributed by atoms with van der Waals surface area (Å²) in [6.45, 7) is 2.22. The monoisotopic (exact) mass is 258 g/mol. The van der Waals surface area contributed by atoms with Crippen molar-refractivity contribution in [2.45, 2.75) is 38.5 Å². The van der Waals surface area contributed by atoms with E-state index in [0.717, 1.165) is 5.75 Å². The van der Waals surface area contributed by atoms with Crippen molar-refractivity contribution in [3.05, 3.63) is 35.1 Å². The van der Waals surface area contributed by atoms with E-state index in [2.05, 4.69) is 19.1 Å². The number of allylic oxidation sites excluding steroid dienone is 1. The molecule has 0 aliphatic heterocycles. The fourth-order valence-electron chi connectivity index (χ4n) is 3.96. The third-order valence-electron chi connectivity index (χ3n) is 4.71. The van der Waals surface area contributed by atoms with Gasteiger partial charge in [0.1, 0.15) is 5.75 Å². The lowest BCUT2D eigenvalue weighted by atomic mass is 9.78. The Balaban J connectivity index is 2.21. The predicted molar refractivity (Wildman–Crippen MR) is 77.4 cm³/mol. The van der Waals surface area contributed by atoms with Crippen molar-refractivity contribution >= 4 is 5.57 Å². The second-order valence-corrected chi connectivity index (χ2v) is 5.68. The number of aryl methyl sites for hydroxylation is 1. The highest BCUT2D eigenvalue weighted by Crippen LogP contribution is 2.56. The van der Waals surface area contributed by atoms with Crippen molar-refractivity contribution < 1.29 is 9.47 Å². The first-order valence-electron chi connectivity index (χ1n) is 7.18. The van der Waals surface area contributed by atoms with Crippen LogP contribution < -0.4 is 4.74 Å². The van der Waals surface area contributed by atoms with Crippen molar-refractivity contribution in [2.75, 3.05) is 14.2 Å². The van der Waals surface area contributed by atoms with Gasteiger partial charge in [0, 0.05) is 11.1 Å². The van der Waals surface area contributed by atoms with Gasteiger partial charge >= 0.3 is 0 Å². The summed E-state index contributed by atoms with van der Waals surface area (Å²) in [4.78, 5) is 0. The molecule has 0 radical (unpaired) electrons. The second-order valence-electron chi connectivity index (χ2n) is 5.68. The van der Waals surface area contributed by atoms with E-state index in [0.29, 0.717) is 11.8 Å². The molecule has 1 aromatic carbocycles. The number of hydrogen-bond acceptors (Lipinski definition) is 2. The smallest absolute Gasteiger partial charge is 0.126 e. The van der Waals surface area contributed by atoms with Crippen LogP contribution in [0, 0.1) is 12.8 Å². The van der Waals surface area contributed by atoms with Crippen molar-refractivity contribution in [1.82, 2.24) is 0 Å².